The first-order valence-electron chi connectivity index (χ1n) is 4.50. The molecular weight excluding hydrogens is 164 g/mol. The van der Waals surface area contributed by atoms with E-state index in [4.69, 9.17) is 5.11 Å². The monoisotopic (exact) mass is 176 g/mol. The van der Waals surface area contributed by atoms with Crippen LogP contribution >= 0.6 is 0 Å². The molecule has 0 radical (unpaired) electrons. The molecule has 1 aromatic carbocycles. The van der Waals surface area contributed by atoms with Crippen molar-refractivity contribution in [1.29, 1.82) is 0 Å². The van der Waals surface area contributed by atoms with Gasteiger partial charge in [-0.25, -0.2) is 0 Å². The molecule has 2 rings (SSSR count). The third kappa shape index (κ3) is 1.32. The predicted octanol–water partition coefficient (Wildman–Crippen LogP) is 2.11. The summed E-state index contributed by atoms with van der Waals surface area (Å²) < 4.78 is 0. The van der Waals surface area contributed by atoms with Crippen molar-refractivity contribution in [3.05, 3.63) is 34.9 Å². The van der Waals surface area contributed by atoms with Crippen molar-refractivity contribution < 1.29 is 9.90 Å². The molecule has 0 saturated heterocycles. The van der Waals surface area contributed by atoms with Crippen LogP contribution in [0, 0.1) is 6.92 Å². The quantitative estimate of drug-likeness (QED) is 0.711. The lowest BCUT2D eigenvalue weighted by Crippen LogP contribution is -2.07. The highest BCUT2D eigenvalue weighted by Gasteiger charge is 2.27. The van der Waals surface area contributed by atoms with Gasteiger partial charge < -0.3 is 5.11 Å². The van der Waals surface area contributed by atoms with Crippen molar-refractivity contribution in [2.24, 2.45) is 0 Å². The minimum atomic E-state index is -0.690. The van der Waals surface area contributed by atoms with Crippen molar-refractivity contribution >= 4 is 5.97 Å². The predicted molar refractivity (Wildman–Crippen MR) is 49.9 cm³/mol. The molecule has 1 aromatic rings. The zero-order valence-corrected chi connectivity index (χ0v) is 7.58. The summed E-state index contributed by atoms with van der Waals surface area (Å²) in [7, 11) is 0. The Bertz CT molecular complexity index is 355. The summed E-state index contributed by atoms with van der Waals surface area (Å²) in [5.41, 5.74) is 3.37. The smallest absolute Gasteiger partial charge is 0.310 e. The molecule has 1 atom stereocenters. The molecule has 0 heterocycles. The van der Waals surface area contributed by atoms with E-state index in [0.29, 0.717) is 0 Å². The standard InChI is InChI=1S/C11H12O2/c1-7-2-3-8-4-5-9(11(12)13)10(8)6-7/h2-3,6,9H,4-5H2,1H3,(H,12,13)/t9-/m0/s1. The lowest BCUT2D eigenvalue weighted by Gasteiger charge is -2.05. The Morgan fingerprint density at radius 2 is 2.31 bits per heavy atom. The maximum absolute atomic E-state index is 10.9. The number of aliphatic carboxylic acids is 1. The topological polar surface area (TPSA) is 37.3 Å². The van der Waals surface area contributed by atoms with Crippen LogP contribution in [0.25, 0.3) is 0 Å². The third-order valence-corrected chi connectivity index (χ3v) is 2.68. The molecule has 1 N–H and O–H groups in total. The highest BCUT2D eigenvalue weighted by atomic mass is 16.4. The molecular formula is C11H12O2. The molecule has 13 heavy (non-hydrogen) atoms. The molecule has 0 aliphatic heterocycles. The SMILES string of the molecule is Cc1ccc2c(c1)[C@@H](C(=O)O)CC2. The van der Waals surface area contributed by atoms with Gasteiger partial charge in [0.05, 0.1) is 5.92 Å². The van der Waals surface area contributed by atoms with Crippen LogP contribution in [0.3, 0.4) is 0 Å². The molecule has 0 unspecified atom stereocenters. The fraction of sp³-hybridized carbons (Fsp3) is 0.364. The zero-order chi connectivity index (χ0) is 9.42. The lowest BCUT2D eigenvalue weighted by molar-refractivity contribution is -0.138. The lowest BCUT2D eigenvalue weighted by atomic mass is 10.00. The van der Waals surface area contributed by atoms with Gasteiger partial charge >= 0.3 is 5.97 Å². The van der Waals surface area contributed by atoms with Crippen molar-refractivity contribution in [2.75, 3.05) is 0 Å². The second kappa shape index (κ2) is 2.87. The number of carbonyl (C=O) groups is 1. The molecule has 1 aliphatic carbocycles. The van der Waals surface area contributed by atoms with Gasteiger partial charge in [0.2, 0.25) is 0 Å². The van der Waals surface area contributed by atoms with E-state index in [1.54, 1.807) is 0 Å². The van der Waals surface area contributed by atoms with Gasteiger partial charge in [0.15, 0.2) is 0 Å². The molecule has 0 bridgehead atoms. The van der Waals surface area contributed by atoms with Gasteiger partial charge in [-0.3, -0.25) is 4.79 Å². The molecule has 0 amide bonds. The number of aryl methyl sites for hydroxylation is 2. The first-order valence-corrected chi connectivity index (χ1v) is 4.50. The molecule has 0 fully saturated rings. The molecule has 0 saturated carbocycles. The van der Waals surface area contributed by atoms with Crippen LogP contribution in [0.5, 0.6) is 0 Å². The number of carboxylic acid groups (broad SMARTS) is 1. The average Bonchev–Trinajstić information content (AvgIpc) is 2.46. The van der Waals surface area contributed by atoms with Gasteiger partial charge in [-0.15, -0.1) is 0 Å². The van der Waals surface area contributed by atoms with E-state index in [9.17, 15) is 4.79 Å². The summed E-state index contributed by atoms with van der Waals surface area (Å²) >= 11 is 0. The van der Waals surface area contributed by atoms with E-state index in [-0.39, 0.29) is 5.92 Å². The fourth-order valence-electron chi connectivity index (χ4n) is 1.98. The second-order valence-electron chi connectivity index (χ2n) is 3.63. The van der Waals surface area contributed by atoms with Crippen LogP contribution in [-0.2, 0) is 11.2 Å². The average molecular weight is 176 g/mol. The summed E-state index contributed by atoms with van der Waals surface area (Å²) in [5.74, 6) is -0.959. The number of hydrogen-bond acceptors (Lipinski definition) is 1. The zero-order valence-electron chi connectivity index (χ0n) is 7.58. The maximum atomic E-state index is 10.9. The van der Waals surface area contributed by atoms with E-state index in [1.165, 1.54) is 5.56 Å². The minimum Gasteiger partial charge on any atom is -0.481 e. The van der Waals surface area contributed by atoms with Gasteiger partial charge in [0, 0.05) is 0 Å². The van der Waals surface area contributed by atoms with Crippen molar-refractivity contribution in [3.63, 3.8) is 0 Å². The van der Waals surface area contributed by atoms with E-state index >= 15 is 0 Å². The summed E-state index contributed by atoms with van der Waals surface area (Å²) in [4.78, 5) is 10.9. The van der Waals surface area contributed by atoms with Crippen LogP contribution in [0.4, 0.5) is 0 Å². The number of carboxylic acids is 1. The van der Waals surface area contributed by atoms with Crippen LogP contribution in [-0.4, -0.2) is 11.1 Å². The van der Waals surface area contributed by atoms with Crippen molar-refractivity contribution in [2.45, 2.75) is 25.7 Å². The molecule has 2 heteroatoms. The van der Waals surface area contributed by atoms with Crippen LogP contribution in [0.15, 0.2) is 18.2 Å². The first-order chi connectivity index (χ1) is 6.18. The number of hydrogen-bond donors (Lipinski definition) is 1. The first kappa shape index (κ1) is 8.30. The summed E-state index contributed by atoms with van der Waals surface area (Å²) in [6.07, 6.45) is 1.67. The van der Waals surface area contributed by atoms with Crippen LogP contribution in [0.2, 0.25) is 0 Å². The Morgan fingerprint density at radius 3 is 3.00 bits per heavy atom. The fourth-order valence-corrected chi connectivity index (χ4v) is 1.98. The third-order valence-electron chi connectivity index (χ3n) is 2.68. The van der Waals surface area contributed by atoms with Crippen LogP contribution < -0.4 is 0 Å². The normalized spacial score (nSPS) is 19.9. The molecule has 2 nitrogen and oxygen atoms in total. The molecule has 0 spiro atoms. The summed E-state index contributed by atoms with van der Waals surface area (Å²) in [5, 5.41) is 8.95. The Hall–Kier alpha value is -1.31. The van der Waals surface area contributed by atoms with E-state index < -0.39 is 5.97 Å². The molecule has 0 aromatic heterocycles. The largest absolute Gasteiger partial charge is 0.481 e. The van der Waals surface area contributed by atoms with Crippen molar-refractivity contribution in [3.8, 4) is 0 Å². The molecule has 1 aliphatic rings. The highest BCUT2D eigenvalue weighted by molar-refractivity contribution is 5.77. The Morgan fingerprint density at radius 1 is 1.54 bits per heavy atom. The van der Waals surface area contributed by atoms with Gasteiger partial charge in [-0.1, -0.05) is 23.8 Å². The second-order valence-corrected chi connectivity index (χ2v) is 3.63. The van der Waals surface area contributed by atoms with Gasteiger partial charge in [0.1, 0.15) is 0 Å². The molecule has 68 valence electrons. The van der Waals surface area contributed by atoms with Crippen LogP contribution in [0.1, 0.15) is 29.0 Å². The van der Waals surface area contributed by atoms with Gasteiger partial charge in [0.25, 0.3) is 0 Å². The summed E-state index contributed by atoms with van der Waals surface area (Å²) in [6, 6.07) is 6.10. The minimum absolute atomic E-state index is 0.269. The number of fused-ring (bicyclic) bond motifs is 1. The van der Waals surface area contributed by atoms with Crippen molar-refractivity contribution in [1.82, 2.24) is 0 Å². The Balaban J connectivity index is 2.46. The van der Waals surface area contributed by atoms with E-state index in [1.807, 2.05) is 25.1 Å². The van der Waals surface area contributed by atoms with E-state index in [0.717, 1.165) is 24.0 Å². The van der Waals surface area contributed by atoms with E-state index in [2.05, 4.69) is 0 Å². The summed E-state index contributed by atoms with van der Waals surface area (Å²) in [6.45, 7) is 2.00. The number of benzene rings is 1. The maximum Gasteiger partial charge on any atom is 0.310 e. The Kier molecular flexibility index (Phi) is 1.83. The highest BCUT2D eigenvalue weighted by Crippen LogP contribution is 2.33. The van der Waals surface area contributed by atoms with Gasteiger partial charge in [-0.05, 0) is 30.9 Å². The number of rotatable bonds is 1. The Labute approximate surface area is 77.2 Å². The van der Waals surface area contributed by atoms with Gasteiger partial charge in [-0.2, -0.15) is 0 Å².